The number of hydrogen-bond donors (Lipinski definition) is 4. The predicted molar refractivity (Wildman–Crippen MR) is 92.7 cm³/mol. The number of anilines is 1. The number of furan rings is 1. The molecule has 2 rings (SSSR count). The van der Waals surface area contributed by atoms with Crippen LogP contribution in [0.25, 0.3) is 0 Å². The molecular weight excluding hydrogens is 397 g/mol. The number of likely N-dealkylation sites (N-methyl/N-ethyl adjacent to an activating group) is 1. The highest BCUT2D eigenvalue weighted by Gasteiger charge is 2.31. The molecule has 0 saturated heterocycles. The molecule has 1 aromatic carbocycles. The maximum atomic E-state index is 12.1. The second-order valence-electron chi connectivity index (χ2n) is 5.91. The Labute approximate surface area is 162 Å². The Hall–Kier alpha value is -3.54. The van der Waals surface area contributed by atoms with Crippen LogP contribution in [0, 0.1) is 0 Å². The minimum atomic E-state index is -4.80. The molecule has 4 N–H and O–H groups in total. The van der Waals surface area contributed by atoms with Crippen LogP contribution >= 0.6 is 0 Å². The summed E-state index contributed by atoms with van der Waals surface area (Å²) in [6.07, 6.45) is -3.49. The van der Waals surface area contributed by atoms with Gasteiger partial charge >= 0.3 is 12.3 Å². The number of carbonyl (C=O) groups excluding carboxylic acids is 3. The van der Waals surface area contributed by atoms with Crippen molar-refractivity contribution in [3.8, 4) is 5.75 Å². The Morgan fingerprint density at radius 1 is 1.03 bits per heavy atom. The Morgan fingerprint density at radius 3 is 2.28 bits per heavy atom. The van der Waals surface area contributed by atoms with Gasteiger partial charge in [0.1, 0.15) is 5.75 Å². The number of nitrogens with one attached hydrogen (secondary N) is 4. The average molecular weight is 415 g/mol. The van der Waals surface area contributed by atoms with E-state index in [4.69, 9.17) is 4.42 Å². The maximum Gasteiger partial charge on any atom is 0.573 e. The SMILES string of the molecule is C[NH+](CC(=O)NNC(=O)c1ccco1)CC(=O)Nc1ccc(OC(F)(F)F)cc1. The second kappa shape index (κ2) is 9.59. The molecule has 29 heavy (non-hydrogen) atoms. The van der Waals surface area contributed by atoms with E-state index in [-0.39, 0.29) is 24.5 Å². The van der Waals surface area contributed by atoms with Crippen molar-refractivity contribution in [1.29, 1.82) is 0 Å². The lowest BCUT2D eigenvalue weighted by atomic mass is 10.3. The van der Waals surface area contributed by atoms with Gasteiger partial charge in [-0.3, -0.25) is 25.2 Å². The molecule has 3 amide bonds. The summed E-state index contributed by atoms with van der Waals surface area (Å²) < 4.78 is 44.9. The van der Waals surface area contributed by atoms with Gasteiger partial charge in [-0.25, -0.2) is 0 Å². The normalized spacial score (nSPS) is 12.0. The molecule has 0 spiro atoms. The fourth-order valence-electron chi connectivity index (χ4n) is 2.20. The predicted octanol–water partition coefficient (Wildman–Crippen LogP) is 0.0926. The summed E-state index contributed by atoms with van der Waals surface area (Å²) in [6.45, 7) is -0.218. The first-order chi connectivity index (χ1) is 13.6. The van der Waals surface area contributed by atoms with Gasteiger partial charge in [0.15, 0.2) is 18.8 Å². The van der Waals surface area contributed by atoms with E-state index in [0.29, 0.717) is 4.90 Å². The third kappa shape index (κ3) is 7.92. The third-order valence-electron chi connectivity index (χ3n) is 3.36. The quantitative estimate of drug-likeness (QED) is 0.479. The van der Waals surface area contributed by atoms with Gasteiger partial charge in [0, 0.05) is 5.69 Å². The molecule has 0 saturated carbocycles. The van der Waals surface area contributed by atoms with E-state index in [1.54, 1.807) is 7.05 Å². The first kappa shape index (κ1) is 21.8. The van der Waals surface area contributed by atoms with Crippen LogP contribution in [-0.2, 0) is 9.59 Å². The number of hydrogen-bond acceptors (Lipinski definition) is 5. The molecule has 1 aromatic heterocycles. The van der Waals surface area contributed by atoms with Crippen LogP contribution in [0.4, 0.5) is 18.9 Å². The molecule has 0 fully saturated rings. The molecular formula is C17H18F3N4O5+. The Balaban J connectivity index is 1.72. The van der Waals surface area contributed by atoms with Gasteiger partial charge in [-0.1, -0.05) is 0 Å². The molecule has 0 aliphatic rings. The number of ether oxygens (including phenoxy) is 1. The number of halogens is 3. The van der Waals surface area contributed by atoms with Gasteiger partial charge in [-0.2, -0.15) is 0 Å². The minimum absolute atomic E-state index is 0.0250. The first-order valence-corrected chi connectivity index (χ1v) is 8.22. The van der Waals surface area contributed by atoms with E-state index in [1.165, 1.54) is 30.5 Å². The van der Waals surface area contributed by atoms with E-state index in [9.17, 15) is 27.6 Å². The van der Waals surface area contributed by atoms with Gasteiger partial charge in [0.05, 0.1) is 13.3 Å². The molecule has 1 unspecified atom stereocenters. The summed E-state index contributed by atoms with van der Waals surface area (Å²) in [6, 6.07) is 7.58. The summed E-state index contributed by atoms with van der Waals surface area (Å²) in [5.74, 6) is -2.01. The third-order valence-corrected chi connectivity index (χ3v) is 3.36. The zero-order valence-electron chi connectivity index (χ0n) is 15.1. The largest absolute Gasteiger partial charge is 0.573 e. The van der Waals surface area contributed by atoms with E-state index >= 15 is 0 Å². The van der Waals surface area contributed by atoms with Crippen LogP contribution in [0.1, 0.15) is 10.6 Å². The fraction of sp³-hybridized carbons (Fsp3) is 0.235. The zero-order valence-corrected chi connectivity index (χ0v) is 15.1. The van der Waals surface area contributed by atoms with Crippen molar-refractivity contribution in [2.24, 2.45) is 0 Å². The van der Waals surface area contributed by atoms with Crippen molar-refractivity contribution >= 4 is 23.4 Å². The van der Waals surface area contributed by atoms with Crippen molar-refractivity contribution < 1.29 is 41.6 Å². The summed E-state index contributed by atoms with van der Waals surface area (Å²) in [5.41, 5.74) is 4.63. The van der Waals surface area contributed by atoms with E-state index < -0.39 is 29.8 Å². The van der Waals surface area contributed by atoms with E-state index in [2.05, 4.69) is 20.9 Å². The number of benzene rings is 1. The highest BCUT2D eigenvalue weighted by molar-refractivity contribution is 5.93. The lowest BCUT2D eigenvalue weighted by molar-refractivity contribution is -0.862. The average Bonchev–Trinajstić information content (AvgIpc) is 3.14. The van der Waals surface area contributed by atoms with Crippen molar-refractivity contribution in [2.75, 3.05) is 25.5 Å². The summed E-state index contributed by atoms with van der Waals surface area (Å²) in [4.78, 5) is 35.9. The van der Waals surface area contributed by atoms with E-state index in [0.717, 1.165) is 12.1 Å². The number of amides is 3. The molecule has 1 heterocycles. The number of quaternary nitrogens is 1. The maximum absolute atomic E-state index is 12.1. The fourth-order valence-corrected chi connectivity index (χ4v) is 2.20. The highest BCUT2D eigenvalue weighted by atomic mass is 19.4. The van der Waals surface area contributed by atoms with E-state index in [1.807, 2.05) is 0 Å². The van der Waals surface area contributed by atoms with Crippen molar-refractivity contribution in [1.82, 2.24) is 10.9 Å². The Bertz CT molecular complexity index is 838. The van der Waals surface area contributed by atoms with Crippen molar-refractivity contribution in [3.63, 3.8) is 0 Å². The number of alkyl halides is 3. The lowest BCUT2D eigenvalue weighted by Gasteiger charge is -2.14. The van der Waals surface area contributed by atoms with Crippen LogP contribution < -0.4 is 25.8 Å². The van der Waals surface area contributed by atoms with Gasteiger partial charge in [0.2, 0.25) is 0 Å². The van der Waals surface area contributed by atoms with Gasteiger partial charge in [0.25, 0.3) is 11.8 Å². The number of carbonyl (C=O) groups is 3. The van der Waals surface area contributed by atoms with Crippen LogP contribution in [0.15, 0.2) is 47.1 Å². The molecule has 9 nitrogen and oxygen atoms in total. The molecule has 0 aliphatic carbocycles. The van der Waals surface area contributed by atoms with Crippen molar-refractivity contribution in [3.05, 3.63) is 48.4 Å². The molecule has 156 valence electrons. The highest BCUT2D eigenvalue weighted by Crippen LogP contribution is 2.23. The zero-order chi connectivity index (χ0) is 21.4. The van der Waals surface area contributed by atoms with Crippen LogP contribution in [0.3, 0.4) is 0 Å². The molecule has 1 atom stereocenters. The van der Waals surface area contributed by atoms with Gasteiger partial charge in [-0.05, 0) is 36.4 Å². The Kier molecular flexibility index (Phi) is 7.20. The molecule has 2 aromatic rings. The van der Waals surface area contributed by atoms with Gasteiger partial charge < -0.3 is 19.4 Å². The topological polar surface area (TPSA) is 114 Å². The summed E-state index contributed by atoms with van der Waals surface area (Å²) >= 11 is 0. The van der Waals surface area contributed by atoms with Crippen LogP contribution in [0.5, 0.6) is 5.75 Å². The summed E-state index contributed by atoms with van der Waals surface area (Å²) in [5, 5.41) is 2.49. The monoisotopic (exact) mass is 415 g/mol. The smallest absolute Gasteiger partial charge is 0.459 e. The first-order valence-electron chi connectivity index (χ1n) is 8.22. The molecule has 12 heteroatoms. The molecule has 0 radical (unpaired) electrons. The number of rotatable bonds is 7. The molecule has 0 bridgehead atoms. The van der Waals surface area contributed by atoms with Crippen molar-refractivity contribution in [2.45, 2.75) is 6.36 Å². The standard InChI is InChI=1S/C17H17F3N4O5/c1-24(10-15(26)22-23-16(27)13-3-2-8-28-13)9-14(25)21-11-4-6-12(7-5-11)29-17(18,19)20/h2-8H,9-10H2,1H3,(H,21,25)(H,22,26)(H,23,27)/p+1. The van der Waals surface area contributed by atoms with Gasteiger partial charge in [-0.15, -0.1) is 13.2 Å². The molecule has 0 aliphatic heterocycles. The van der Waals surface area contributed by atoms with Crippen LogP contribution in [0.2, 0.25) is 0 Å². The van der Waals surface area contributed by atoms with Crippen LogP contribution in [-0.4, -0.2) is 44.2 Å². The minimum Gasteiger partial charge on any atom is -0.459 e. The second-order valence-corrected chi connectivity index (χ2v) is 5.91. The Morgan fingerprint density at radius 2 is 1.69 bits per heavy atom. The number of hydrazine groups is 1. The summed E-state index contributed by atoms with van der Waals surface area (Å²) in [7, 11) is 1.58. The lowest BCUT2D eigenvalue weighted by Crippen LogP contribution is -3.11.